The van der Waals surface area contributed by atoms with E-state index in [9.17, 15) is 14.4 Å². The number of thiazole rings is 1. The van der Waals surface area contributed by atoms with E-state index in [1.54, 1.807) is 35.6 Å². The van der Waals surface area contributed by atoms with Crippen LogP contribution in [-0.4, -0.2) is 70.1 Å². The summed E-state index contributed by atoms with van der Waals surface area (Å²) in [4.78, 5) is 47.2. The van der Waals surface area contributed by atoms with Crippen molar-refractivity contribution in [3.8, 4) is 0 Å². The van der Waals surface area contributed by atoms with Crippen LogP contribution in [0.25, 0.3) is 0 Å². The fourth-order valence-corrected chi connectivity index (χ4v) is 4.62. The number of hydrogen-bond donors (Lipinski definition) is 0. The zero-order valence-corrected chi connectivity index (χ0v) is 18.5. The molecule has 30 heavy (non-hydrogen) atoms. The second-order valence-electron chi connectivity index (χ2n) is 7.45. The Hall–Kier alpha value is -2.29. The smallest absolute Gasteiger partial charge is 0.261 e. The number of carbonyl (C=O) groups is 3. The van der Waals surface area contributed by atoms with Gasteiger partial charge in [0.1, 0.15) is 5.01 Å². The number of nitrogens with zero attached hydrogens (tertiary/aromatic N) is 4. The molecule has 0 spiro atoms. The van der Waals surface area contributed by atoms with Crippen LogP contribution >= 0.6 is 23.7 Å². The van der Waals surface area contributed by atoms with E-state index in [0.717, 1.165) is 30.3 Å². The monoisotopic (exact) mass is 448 g/mol. The van der Waals surface area contributed by atoms with Gasteiger partial charge in [-0.15, -0.1) is 23.7 Å². The first-order valence-electron chi connectivity index (χ1n) is 9.89. The van der Waals surface area contributed by atoms with E-state index < -0.39 is 0 Å². The first-order valence-corrected chi connectivity index (χ1v) is 10.8. The van der Waals surface area contributed by atoms with E-state index in [4.69, 9.17) is 0 Å². The van der Waals surface area contributed by atoms with Gasteiger partial charge in [-0.05, 0) is 25.5 Å². The summed E-state index contributed by atoms with van der Waals surface area (Å²) in [5.74, 6) is -0.431. The third kappa shape index (κ3) is 4.71. The molecular formula is C21H25ClN4O3S. The van der Waals surface area contributed by atoms with Crippen molar-refractivity contribution in [3.05, 3.63) is 51.5 Å². The minimum atomic E-state index is -0.260. The van der Waals surface area contributed by atoms with Crippen LogP contribution in [0.15, 0.2) is 29.6 Å². The maximum atomic E-state index is 12.5. The van der Waals surface area contributed by atoms with Gasteiger partial charge in [-0.1, -0.05) is 12.1 Å². The molecule has 3 heterocycles. The Bertz CT molecular complexity index is 905. The summed E-state index contributed by atoms with van der Waals surface area (Å²) in [7, 11) is 0. The molecule has 0 radical (unpaired) electrons. The molecule has 0 aliphatic carbocycles. The molecule has 1 aromatic heterocycles. The number of amides is 3. The van der Waals surface area contributed by atoms with Crippen LogP contribution in [0.3, 0.4) is 0 Å². The number of benzene rings is 1. The van der Waals surface area contributed by atoms with E-state index in [-0.39, 0.29) is 36.7 Å². The Balaban J connectivity index is 0.00000256. The standard InChI is InChI=1S/C21H24N4O3S.ClH/c1-15-14-29-18(22-15)13-23-9-11-24(12-10-23)19(26)7-4-8-25-20(27)16-5-2-3-6-17(16)21(25)28;/h2-3,5-6,14H,4,7-13H2,1H3;1H. The molecule has 9 heteroatoms. The molecule has 160 valence electrons. The van der Waals surface area contributed by atoms with Gasteiger partial charge in [0.2, 0.25) is 5.91 Å². The largest absolute Gasteiger partial charge is 0.340 e. The van der Waals surface area contributed by atoms with E-state index in [1.807, 2.05) is 11.8 Å². The quantitative estimate of drug-likeness (QED) is 0.635. The van der Waals surface area contributed by atoms with Crippen molar-refractivity contribution in [2.45, 2.75) is 26.3 Å². The molecule has 1 aromatic carbocycles. The maximum Gasteiger partial charge on any atom is 0.261 e. The minimum absolute atomic E-state index is 0. The molecule has 2 aliphatic rings. The van der Waals surface area contributed by atoms with E-state index in [2.05, 4.69) is 15.3 Å². The second kappa shape index (κ2) is 9.68. The predicted octanol–water partition coefficient (Wildman–Crippen LogP) is 2.59. The predicted molar refractivity (Wildman–Crippen MR) is 117 cm³/mol. The molecule has 0 saturated carbocycles. The molecule has 0 unspecified atom stereocenters. The summed E-state index contributed by atoms with van der Waals surface area (Å²) in [6.45, 7) is 6.19. The van der Waals surface area contributed by atoms with Gasteiger partial charge in [0.25, 0.3) is 11.8 Å². The molecular weight excluding hydrogens is 424 g/mol. The molecule has 0 bridgehead atoms. The fraction of sp³-hybridized carbons (Fsp3) is 0.429. The number of aryl methyl sites for hydroxylation is 1. The highest BCUT2D eigenvalue weighted by Gasteiger charge is 2.34. The average molecular weight is 449 g/mol. The van der Waals surface area contributed by atoms with Crippen molar-refractivity contribution in [1.29, 1.82) is 0 Å². The van der Waals surface area contributed by atoms with Crippen molar-refractivity contribution in [2.75, 3.05) is 32.7 Å². The van der Waals surface area contributed by atoms with Crippen molar-refractivity contribution in [2.24, 2.45) is 0 Å². The summed E-state index contributed by atoms with van der Waals surface area (Å²) in [5, 5.41) is 3.17. The van der Waals surface area contributed by atoms with Gasteiger partial charge in [0.15, 0.2) is 0 Å². The van der Waals surface area contributed by atoms with Crippen LogP contribution in [0.5, 0.6) is 0 Å². The Morgan fingerprint density at radius 3 is 2.27 bits per heavy atom. The van der Waals surface area contributed by atoms with E-state index >= 15 is 0 Å². The summed E-state index contributed by atoms with van der Waals surface area (Å²) in [6.07, 6.45) is 0.835. The van der Waals surface area contributed by atoms with Gasteiger partial charge in [0.05, 0.1) is 17.7 Å². The van der Waals surface area contributed by atoms with Crippen LogP contribution in [-0.2, 0) is 11.3 Å². The van der Waals surface area contributed by atoms with Gasteiger partial charge < -0.3 is 4.90 Å². The molecule has 2 aliphatic heterocycles. The number of halogens is 1. The summed E-state index contributed by atoms with van der Waals surface area (Å²) >= 11 is 1.68. The van der Waals surface area contributed by atoms with Gasteiger partial charge in [-0.2, -0.15) is 0 Å². The Labute approximate surface area is 186 Å². The molecule has 3 amide bonds. The van der Waals surface area contributed by atoms with Crippen molar-refractivity contribution >= 4 is 41.5 Å². The van der Waals surface area contributed by atoms with Gasteiger partial charge in [-0.25, -0.2) is 4.98 Å². The Morgan fingerprint density at radius 1 is 1.07 bits per heavy atom. The van der Waals surface area contributed by atoms with Gasteiger partial charge >= 0.3 is 0 Å². The summed E-state index contributed by atoms with van der Waals surface area (Å²) in [5.41, 5.74) is 1.96. The third-order valence-corrected chi connectivity index (χ3v) is 6.35. The number of piperazine rings is 1. The first-order chi connectivity index (χ1) is 14.0. The molecule has 0 N–H and O–H groups in total. The van der Waals surface area contributed by atoms with Crippen LogP contribution in [0.1, 0.15) is 44.3 Å². The highest BCUT2D eigenvalue weighted by Crippen LogP contribution is 2.22. The van der Waals surface area contributed by atoms with Gasteiger partial charge in [-0.3, -0.25) is 24.2 Å². The highest BCUT2D eigenvalue weighted by molar-refractivity contribution is 7.09. The number of fused-ring (bicyclic) bond motifs is 1. The SMILES string of the molecule is Cc1csc(CN2CCN(C(=O)CCCN3C(=O)c4ccccc4C3=O)CC2)n1.Cl. The van der Waals surface area contributed by atoms with Gasteiger partial charge in [0, 0.05) is 50.2 Å². The third-order valence-electron chi connectivity index (χ3n) is 5.40. The van der Waals surface area contributed by atoms with Crippen LogP contribution < -0.4 is 0 Å². The number of imide groups is 1. The zero-order valence-electron chi connectivity index (χ0n) is 16.9. The van der Waals surface area contributed by atoms with Crippen molar-refractivity contribution in [1.82, 2.24) is 19.7 Å². The molecule has 7 nitrogen and oxygen atoms in total. The lowest BCUT2D eigenvalue weighted by Gasteiger charge is -2.34. The minimum Gasteiger partial charge on any atom is -0.340 e. The molecule has 4 rings (SSSR count). The number of rotatable bonds is 6. The lowest BCUT2D eigenvalue weighted by atomic mass is 10.1. The zero-order chi connectivity index (χ0) is 20.4. The lowest BCUT2D eigenvalue weighted by Crippen LogP contribution is -2.48. The molecule has 2 aromatic rings. The number of aromatic nitrogens is 1. The lowest BCUT2D eigenvalue weighted by molar-refractivity contribution is -0.133. The average Bonchev–Trinajstić information content (AvgIpc) is 3.24. The molecule has 1 saturated heterocycles. The number of hydrogen-bond acceptors (Lipinski definition) is 6. The fourth-order valence-electron chi connectivity index (χ4n) is 3.81. The Morgan fingerprint density at radius 2 is 1.70 bits per heavy atom. The normalized spacial score (nSPS) is 16.6. The molecule has 1 fully saturated rings. The molecule has 0 atom stereocenters. The highest BCUT2D eigenvalue weighted by atomic mass is 35.5. The van der Waals surface area contributed by atoms with Crippen LogP contribution in [0.2, 0.25) is 0 Å². The maximum absolute atomic E-state index is 12.5. The van der Waals surface area contributed by atoms with Crippen molar-refractivity contribution < 1.29 is 14.4 Å². The van der Waals surface area contributed by atoms with Crippen molar-refractivity contribution in [3.63, 3.8) is 0 Å². The summed E-state index contributed by atoms with van der Waals surface area (Å²) in [6, 6.07) is 6.86. The first kappa shape index (κ1) is 22.4. The summed E-state index contributed by atoms with van der Waals surface area (Å²) < 4.78 is 0. The second-order valence-corrected chi connectivity index (χ2v) is 8.39. The number of carbonyl (C=O) groups excluding carboxylic acids is 3. The van der Waals surface area contributed by atoms with Crippen LogP contribution in [0.4, 0.5) is 0 Å². The van der Waals surface area contributed by atoms with Crippen LogP contribution in [0, 0.1) is 6.92 Å². The Kier molecular flexibility index (Phi) is 7.23. The topological polar surface area (TPSA) is 73.8 Å². The van der Waals surface area contributed by atoms with E-state index in [1.165, 1.54) is 4.90 Å². The van der Waals surface area contributed by atoms with E-state index in [0.29, 0.717) is 37.1 Å².